The molecule has 0 amide bonds. The number of hydrogen-bond acceptors (Lipinski definition) is 4. The van der Waals surface area contributed by atoms with Gasteiger partial charge in [0.15, 0.2) is 0 Å². The van der Waals surface area contributed by atoms with E-state index in [1.165, 1.54) is 5.56 Å². The van der Waals surface area contributed by atoms with Crippen molar-refractivity contribution in [2.24, 2.45) is 0 Å². The Labute approximate surface area is 113 Å². The minimum absolute atomic E-state index is 0.123. The van der Waals surface area contributed by atoms with Gasteiger partial charge in [0.05, 0.1) is 19.1 Å². The number of ether oxygens (including phenoxy) is 2. The zero-order chi connectivity index (χ0) is 13.7. The number of benzene rings is 1. The zero-order valence-corrected chi connectivity index (χ0v) is 11.0. The van der Waals surface area contributed by atoms with Crippen molar-refractivity contribution in [2.45, 2.75) is 31.7 Å². The molecule has 1 aromatic rings. The van der Waals surface area contributed by atoms with E-state index in [0.717, 1.165) is 0 Å². The van der Waals surface area contributed by atoms with E-state index in [2.05, 4.69) is 31.0 Å². The van der Waals surface area contributed by atoms with Gasteiger partial charge in [-0.2, -0.15) is 0 Å². The number of cyclic esters (lactones) is 1. The van der Waals surface area contributed by atoms with Crippen molar-refractivity contribution in [3.8, 4) is 0 Å². The molecule has 0 aliphatic carbocycles. The van der Waals surface area contributed by atoms with E-state index in [1.54, 1.807) is 6.08 Å². The van der Waals surface area contributed by atoms with Crippen molar-refractivity contribution in [3.63, 3.8) is 0 Å². The number of rotatable bonds is 6. The molecule has 0 aromatic heterocycles. The maximum atomic E-state index is 11.4. The van der Waals surface area contributed by atoms with Crippen molar-refractivity contribution in [2.75, 3.05) is 6.61 Å². The van der Waals surface area contributed by atoms with Gasteiger partial charge in [0, 0.05) is 6.04 Å². The Morgan fingerprint density at radius 2 is 2.26 bits per heavy atom. The van der Waals surface area contributed by atoms with Crippen LogP contribution in [-0.2, 0) is 14.3 Å². The molecule has 2 rings (SSSR count). The highest BCUT2D eigenvalue weighted by Gasteiger charge is 2.36. The number of hydrogen-bond donors (Lipinski definition) is 1. The monoisotopic (exact) mass is 261 g/mol. The van der Waals surface area contributed by atoms with Crippen LogP contribution in [0.25, 0.3) is 0 Å². The van der Waals surface area contributed by atoms with Crippen molar-refractivity contribution >= 4 is 5.97 Å². The minimum Gasteiger partial charge on any atom is -0.434 e. The summed E-state index contributed by atoms with van der Waals surface area (Å²) in [5.74, 6) is -0.230. The van der Waals surface area contributed by atoms with Crippen LogP contribution in [0.4, 0.5) is 0 Å². The van der Waals surface area contributed by atoms with Crippen LogP contribution in [0.15, 0.2) is 43.0 Å². The Bertz CT molecular complexity index is 432. The average molecular weight is 261 g/mol. The van der Waals surface area contributed by atoms with Gasteiger partial charge < -0.3 is 14.8 Å². The van der Waals surface area contributed by atoms with Crippen LogP contribution in [-0.4, -0.2) is 24.9 Å². The first-order valence-corrected chi connectivity index (χ1v) is 6.43. The van der Waals surface area contributed by atoms with Gasteiger partial charge in [-0.3, -0.25) is 4.79 Å². The van der Waals surface area contributed by atoms with E-state index in [9.17, 15) is 4.79 Å². The Kier molecular flexibility index (Phi) is 4.71. The first-order valence-electron chi connectivity index (χ1n) is 6.43. The van der Waals surface area contributed by atoms with Crippen LogP contribution >= 0.6 is 0 Å². The summed E-state index contributed by atoms with van der Waals surface area (Å²) in [6.07, 6.45) is 1.44. The molecule has 1 aromatic carbocycles. The second-order valence-electron chi connectivity index (χ2n) is 4.59. The molecule has 1 heterocycles. The lowest BCUT2D eigenvalue weighted by Gasteiger charge is -2.23. The summed E-state index contributed by atoms with van der Waals surface area (Å²) in [7, 11) is 0. The van der Waals surface area contributed by atoms with E-state index in [1.807, 2.05) is 18.2 Å². The molecule has 19 heavy (non-hydrogen) atoms. The SMILES string of the molecule is C=CCOC1OC(=O)CC1N[C@H](C)c1ccccc1. The molecule has 0 radical (unpaired) electrons. The number of esters is 1. The van der Waals surface area contributed by atoms with Crippen LogP contribution in [0.5, 0.6) is 0 Å². The van der Waals surface area contributed by atoms with Crippen molar-refractivity contribution in [1.82, 2.24) is 5.32 Å². The van der Waals surface area contributed by atoms with Gasteiger partial charge in [0.1, 0.15) is 0 Å². The first kappa shape index (κ1) is 13.8. The summed E-state index contributed by atoms with van der Waals surface area (Å²) in [6, 6.07) is 10.1. The van der Waals surface area contributed by atoms with Gasteiger partial charge in [-0.05, 0) is 12.5 Å². The van der Waals surface area contributed by atoms with Gasteiger partial charge in [0.2, 0.25) is 6.29 Å². The fourth-order valence-corrected chi connectivity index (χ4v) is 2.15. The molecule has 1 aliphatic heterocycles. The number of carbonyl (C=O) groups is 1. The molecule has 1 fully saturated rings. The molecule has 0 bridgehead atoms. The molecule has 0 saturated carbocycles. The number of nitrogens with one attached hydrogen (secondary N) is 1. The van der Waals surface area contributed by atoms with Crippen LogP contribution in [0.1, 0.15) is 24.9 Å². The lowest BCUT2D eigenvalue weighted by molar-refractivity contribution is -0.162. The predicted molar refractivity (Wildman–Crippen MR) is 72.4 cm³/mol. The first-order chi connectivity index (χ1) is 9.20. The lowest BCUT2D eigenvalue weighted by Crippen LogP contribution is -2.39. The maximum absolute atomic E-state index is 11.4. The van der Waals surface area contributed by atoms with E-state index >= 15 is 0 Å². The normalized spacial score (nSPS) is 23.9. The fraction of sp³-hybridized carbons (Fsp3) is 0.400. The molecule has 4 heteroatoms. The summed E-state index contributed by atoms with van der Waals surface area (Å²) >= 11 is 0. The summed E-state index contributed by atoms with van der Waals surface area (Å²) < 4.78 is 10.6. The second kappa shape index (κ2) is 6.50. The van der Waals surface area contributed by atoms with Crippen molar-refractivity contribution < 1.29 is 14.3 Å². The number of carbonyl (C=O) groups excluding carboxylic acids is 1. The molecule has 2 unspecified atom stereocenters. The molecule has 1 aliphatic rings. The third-order valence-electron chi connectivity index (χ3n) is 3.10. The average Bonchev–Trinajstić information content (AvgIpc) is 2.77. The van der Waals surface area contributed by atoms with Gasteiger partial charge >= 0.3 is 5.97 Å². The highest BCUT2D eigenvalue weighted by Crippen LogP contribution is 2.21. The molecule has 0 spiro atoms. The summed E-state index contributed by atoms with van der Waals surface area (Å²) in [4.78, 5) is 11.4. The maximum Gasteiger partial charge on any atom is 0.309 e. The standard InChI is InChI=1S/C15H19NO3/c1-3-9-18-15-13(10-14(17)19-15)16-11(2)12-7-5-4-6-8-12/h3-8,11,13,15-16H,1,9-10H2,2H3/t11-,13?,15?/m1/s1. The van der Waals surface area contributed by atoms with Crippen LogP contribution in [0.2, 0.25) is 0 Å². The van der Waals surface area contributed by atoms with Gasteiger partial charge in [-0.25, -0.2) is 0 Å². The summed E-state index contributed by atoms with van der Waals surface area (Å²) in [6.45, 7) is 6.02. The lowest BCUT2D eigenvalue weighted by atomic mass is 10.1. The fourth-order valence-electron chi connectivity index (χ4n) is 2.15. The van der Waals surface area contributed by atoms with Gasteiger partial charge in [-0.1, -0.05) is 36.4 Å². The van der Waals surface area contributed by atoms with E-state index in [4.69, 9.17) is 9.47 Å². The Morgan fingerprint density at radius 3 is 2.95 bits per heavy atom. The largest absolute Gasteiger partial charge is 0.434 e. The summed E-state index contributed by atoms with van der Waals surface area (Å²) in [5.41, 5.74) is 1.17. The van der Waals surface area contributed by atoms with E-state index in [-0.39, 0.29) is 18.1 Å². The van der Waals surface area contributed by atoms with Crippen LogP contribution in [0.3, 0.4) is 0 Å². The topological polar surface area (TPSA) is 47.6 Å². The Hall–Kier alpha value is -1.65. The van der Waals surface area contributed by atoms with Gasteiger partial charge in [-0.15, -0.1) is 6.58 Å². The third-order valence-corrected chi connectivity index (χ3v) is 3.10. The molecule has 1 N–H and O–H groups in total. The predicted octanol–water partition coefficient (Wildman–Crippen LogP) is 2.18. The molecule has 4 nitrogen and oxygen atoms in total. The van der Waals surface area contributed by atoms with Crippen LogP contribution in [0, 0.1) is 0 Å². The van der Waals surface area contributed by atoms with Crippen molar-refractivity contribution in [1.29, 1.82) is 0 Å². The minimum atomic E-state index is -0.531. The molecular formula is C15H19NO3. The summed E-state index contributed by atoms with van der Waals surface area (Å²) in [5, 5.41) is 3.38. The molecule has 102 valence electrons. The highest BCUT2D eigenvalue weighted by molar-refractivity contribution is 5.72. The molecule has 1 saturated heterocycles. The molecular weight excluding hydrogens is 242 g/mol. The van der Waals surface area contributed by atoms with Crippen molar-refractivity contribution in [3.05, 3.63) is 48.6 Å². The van der Waals surface area contributed by atoms with E-state index < -0.39 is 6.29 Å². The van der Waals surface area contributed by atoms with Crippen LogP contribution < -0.4 is 5.32 Å². The second-order valence-corrected chi connectivity index (χ2v) is 4.59. The smallest absolute Gasteiger partial charge is 0.309 e. The third kappa shape index (κ3) is 3.66. The zero-order valence-electron chi connectivity index (χ0n) is 11.0. The quantitative estimate of drug-likeness (QED) is 0.630. The Morgan fingerprint density at radius 1 is 1.53 bits per heavy atom. The molecule has 3 atom stereocenters. The van der Waals surface area contributed by atoms with Gasteiger partial charge in [0.25, 0.3) is 0 Å². The highest BCUT2D eigenvalue weighted by atomic mass is 16.7. The van der Waals surface area contributed by atoms with E-state index in [0.29, 0.717) is 13.0 Å². The Balaban J connectivity index is 1.96.